The third-order valence-corrected chi connectivity index (χ3v) is 4.71. The Morgan fingerprint density at radius 1 is 1.03 bits per heavy atom. The minimum absolute atomic E-state index is 0.101. The van der Waals surface area contributed by atoms with E-state index in [1.807, 2.05) is 6.07 Å². The van der Waals surface area contributed by atoms with Gasteiger partial charge in [-0.25, -0.2) is 9.59 Å². The fourth-order valence-corrected chi connectivity index (χ4v) is 3.23. The molecule has 0 spiro atoms. The highest BCUT2D eigenvalue weighted by Gasteiger charge is 2.17. The molecular formula is C24H26N2O7. The molecule has 33 heavy (non-hydrogen) atoms. The molecule has 0 aliphatic carbocycles. The molecule has 3 rings (SSSR count). The van der Waals surface area contributed by atoms with Gasteiger partial charge in [-0.15, -0.1) is 0 Å². The van der Waals surface area contributed by atoms with Crippen molar-refractivity contribution in [3.8, 4) is 0 Å². The molecule has 0 unspecified atom stereocenters. The summed E-state index contributed by atoms with van der Waals surface area (Å²) in [7, 11) is 0. The number of nitrogens with one attached hydrogen (secondary N) is 1. The number of hydrogen-bond donors (Lipinski definition) is 2. The van der Waals surface area contributed by atoms with Crippen LogP contribution in [0.4, 0.5) is 10.5 Å². The molecule has 3 N–H and O–H groups in total. The Morgan fingerprint density at radius 2 is 1.76 bits per heavy atom. The third-order valence-electron chi connectivity index (χ3n) is 4.71. The van der Waals surface area contributed by atoms with E-state index in [9.17, 15) is 19.2 Å². The van der Waals surface area contributed by atoms with Crippen molar-refractivity contribution in [3.05, 3.63) is 52.4 Å². The van der Waals surface area contributed by atoms with E-state index in [0.717, 1.165) is 5.39 Å². The van der Waals surface area contributed by atoms with Gasteiger partial charge in [0.1, 0.15) is 17.8 Å². The number of carbonyl (C=O) groups excluding carboxylic acids is 3. The van der Waals surface area contributed by atoms with Crippen molar-refractivity contribution in [3.63, 3.8) is 0 Å². The van der Waals surface area contributed by atoms with Gasteiger partial charge in [0.25, 0.3) is 0 Å². The summed E-state index contributed by atoms with van der Waals surface area (Å²) in [6.45, 7) is 4.73. The van der Waals surface area contributed by atoms with E-state index in [1.54, 1.807) is 45.0 Å². The molecule has 0 saturated heterocycles. The molecule has 0 aliphatic rings. The van der Waals surface area contributed by atoms with Crippen LogP contribution in [-0.4, -0.2) is 30.0 Å². The Kier molecular flexibility index (Phi) is 7.01. The molecule has 1 heterocycles. The lowest BCUT2D eigenvalue weighted by molar-refractivity contribution is -0.146. The highest BCUT2D eigenvalue weighted by atomic mass is 16.6. The largest absolute Gasteiger partial charge is 0.461 e. The predicted octanol–water partition coefficient (Wildman–Crippen LogP) is 3.45. The van der Waals surface area contributed by atoms with Crippen LogP contribution in [-0.2, 0) is 25.7 Å². The Bertz CT molecular complexity index is 1270. The fourth-order valence-electron chi connectivity index (χ4n) is 3.23. The number of esters is 1. The first-order valence-electron chi connectivity index (χ1n) is 10.4. The number of fused-ring (bicyclic) bond motifs is 3. The van der Waals surface area contributed by atoms with E-state index < -0.39 is 23.3 Å². The second-order valence-corrected chi connectivity index (χ2v) is 8.53. The van der Waals surface area contributed by atoms with Gasteiger partial charge in [0, 0.05) is 39.9 Å². The van der Waals surface area contributed by atoms with Crippen LogP contribution in [0.2, 0.25) is 0 Å². The van der Waals surface area contributed by atoms with Crippen LogP contribution < -0.4 is 16.7 Å². The summed E-state index contributed by atoms with van der Waals surface area (Å²) < 4.78 is 15.7. The summed E-state index contributed by atoms with van der Waals surface area (Å²) in [4.78, 5) is 47.7. The van der Waals surface area contributed by atoms with Crippen molar-refractivity contribution >= 4 is 45.3 Å². The number of carbonyl (C=O) groups is 3. The van der Waals surface area contributed by atoms with E-state index in [4.69, 9.17) is 19.6 Å². The molecule has 9 nitrogen and oxygen atoms in total. The standard InChI is InChI=1S/C24H26N2O7/c1-24(2,3)33-23(30)26-12-15(27)7-10-20(28)31-13-14-11-21(29)32-22-16(14)8-9-17-18(22)5-4-6-19(17)25/h4-6,8-9,11H,7,10,12-13,25H2,1-3H3,(H,26,30). The van der Waals surface area contributed by atoms with Gasteiger partial charge >= 0.3 is 17.7 Å². The van der Waals surface area contributed by atoms with Crippen LogP contribution in [0.5, 0.6) is 0 Å². The SMILES string of the molecule is CC(C)(C)OC(=O)NCC(=O)CCC(=O)OCc1cc(=O)oc2c1ccc1c(N)cccc12. The van der Waals surface area contributed by atoms with E-state index in [2.05, 4.69) is 5.32 Å². The van der Waals surface area contributed by atoms with Crippen LogP contribution in [0.15, 0.2) is 45.6 Å². The molecule has 9 heteroatoms. The zero-order valence-corrected chi connectivity index (χ0v) is 18.7. The summed E-state index contributed by atoms with van der Waals surface area (Å²) in [6.07, 6.45) is -0.966. The lowest BCUT2D eigenvalue weighted by Gasteiger charge is -2.19. The van der Waals surface area contributed by atoms with E-state index >= 15 is 0 Å². The lowest BCUT2D eigenvalue weighted by Crippen LogP contribution is -2.35. The van der Waals surface area contributed by atoms with Gasteiger partial charge in [-0.1, -0.05) is 24.3 Å². The average molecular weight is 454 g/mol. The van der Waals surface area contributed by atoms with Crippen LogP contribution >= 0.6 is 0 Å². The maximum Gasteiger partial charge on any atom is 0.408 e. The first kappa shape index (κ1) is 23.8. The van der Waals surface area contributed by atoms with Crippen molar-refractivity contribution in [2.75, 3.05) is 12.3 Å². The number of benzene rings is 2. The van der Waals surface area contributed by atoms with Crippen LogP contribution in [0.3, 0.4) is 0 Å². The second kappa shape index (κ2) is 9.72. The maximum atomic E-state index is 12.1. The van der Waals surface area contributed by atoms with E-state index in [-0.39, 0.29) is 31.8 Å². The Labute approximate surface area is 189 Å². The van der Waals surface area contributed by atoms with Gasteiger partial charge in [0.05, 0.1) is 13.0 Å². The predicted molar refractivity (Wildman–Crippen MR) is 123 cm³/mol. The highest BCUT2D eigenvalue weighted by Crippen LogP contribution is 2.30. The molecule has 0 bridgehead atoms. The number of ether oxygens (including phenoxy) is 2. The van der Waals surface area contributed by atoms with Crippen molar-refractivity contribution in [2.45, 2.75) is 45.8 Å². The quantitative estimate of drug-likeness (QED) is 0.240. The Hall–Kier alpha value is -3.88. The molecule has 0 fully saturated rings. The molecule has 1 amide bonds. The molecule has 3 aromatic rings. The molecule has 0 radical (unpaired) electrons. The van der Waals surface area contributed by atoms with Gasteiger partial charge in [0.2, 0.25) is 0 Å². The first-order chi connectivity index (χ1) is 15.5. The first-order valence-corrected chi connectivity index (χ1v) is 10.4. The smallest absolute Gasteiger partial charge is 0.408 e. The number of hydrogen-bond acceptors (Lipinski definition) is 8. The number of rotatable bonds is 7. The molecule has 174 valence electrons. The Morgan fingerprint density at radius 3 is 2.48 bits per heavy atom. The van der Waals surface area contributed by atoms with Crippen molar-refractivity contribution < 1.29 is 28.3 Å². The van der Waals surface area contributed by atoms with Gasteiger partial charge < -0.3 is 24.9 Å². The summed E-state index contributed by atoms with van der Waals surface area (Å²) in [5.41, 5.74) is 6.15. The summed E-state index contributed by atoms with van der Waals surface area (Å²) in [5.74, 6) is -0.945. The lowest BCUT2D eigenvalue weighted by atomic mass is 10.0. The zero-order valence-electron chi connectivity index (χ0n) is 18.7. The number of anilines is 1. The van der Waals surface area contributed by atoms with Crippen molar-refractivity contribution in [1.29, 1.82) is 0 Å². The normalized spacial score (nSPS) is 11.4. The van der Waals surface area contributed by atoms with Crippen LogP contribution in [0.1, 0.15) is 39.2 Å². The van der Waals surface area contributed by atoms with Gasteiger partial charge in [0.15, 0.2) is 5.78 Å². The number of amides is 1. The number of ketones is 1. The van der Waals surface area contributed by atoms with Crippen molar-refractivity contribution in [2.24, 2.45) is 0 Å². The van der Waals surface area contributed by atoms with Crippen LogP contribution in [0.25, 0.3) is 21.7 Å². The molecule has 0 atom stereocenters. The summed E-state index contributed by atoms with van der Waals surface area (Å²) in [6, 6.07) is 10.1. The second-order valence-electron chi connectivity index (χ2n) is 8.53. The monoisotopic (exact) mass is 454 g/mol. The van der Waals surface area contributed by atoms with Gasteiger partial charge in [-0.05, 0) is 26.8 Å². The summed E-state index contributed by atoms with van der Waals surface area (Å²) in [5, 5.41) is 4.40. The molecule has 0 saturated carbocycles. The number of nitrogens with two attached hydrogens (primary N) is 1. The molecular weight excluding hydrogens is 428 g/mol. The topological polar surface area (TPSA) is 138 Å². The average Bonchev–Trinajstić information content (AvgIpc) is 2.73. The van der Waals surface area contributed by atoms with Crippen LogP contribution in [0, 0.1) is 0 Å². The minimum Gasteiger partial charge on any atom is -0.461 e. The maximum absolute atomic E-state index is 12.1. The van der Waals surface area contributed by atoms with E-state index in [1.165, 1.54) is 6.07 Å². The third kappa shape index (κ3) is 6.31. The fraction of sp³-hybridized carbons (Fsp3) is 0.333. The van der Waals surface area contributed by atoms with Gasteiger partial charge in [-0.3, -0.25) is 9.59 Å². The van der Waals surface area contributed by atoms with E-state index in [0.29, 0.717) is 27.6 Å². The number of alkyl carbamates (subject to hydrolysis) is 1. The minimum atomic E-state index is -0.706. The molecule has 2 aromatic carbocycles. The molecule has 0 aliphatic heterocycles. The Balaban J connectivity index is 1.59. The number of Topliss-reactive ketones (excluding diaryl/α,β-unsaturated/α-hetero) is 1. The highest BCUT2D eigenvalue weighted by molar-refractivity contribution is 6.08. The van der Waals surface area contributed by atoms with Gasteiger partial charge in [-0.2, -0.15) is 0 Å². The summed E-state index contributed by atoms with van der Waals surface area (Å²) >= 11 is 0. The zero-order chi connectivity index (χ0) is 24.2. The number of nitrogen functional groups attached to an aromatic ring is 1. The molecule has 1 aromatic heterocycles. The van der Waals surface area contributed by atoms with Crippen molar-refractivity contribution in [1.82, 2.24) is 5.32 Å².